The van der Waals surface area contributed by atoms with Gasteiger partial charge in [-0.3, -0.25) is 4.79 Å². The largest absolute Gasteiger partial charge is 0.396 e. The van der Waals surface area contributed by atoms with E-state index in [9.17, 15) is 4.79 Å². The van der Waals surface area contributed by atoms with E-state index in [4.69, 9.17) is 5.11 Å². The maximum atomic E-state index is 12.2. The molecular formula is C12H22N2O2. The molecule has 2 rings (SSSR count). The fourth-order valence-corrected chi connectivity index (χ4v) is 2.81. The SMILES string of the molecule is O=C(C1CCNC1)N1CCCC(CCO)C1. The van der Waals surface area contributed by atoms with Crippen LogP contribution in [0, 0.1) is 11.8 Å². The first-order chi connectivity index (χ1) is 7.81. The molecule has 2 aliphatic heterocycles. The number of aliphatic hydroxyl groups excluding tert-OH is 1. The zero-order valence-electron chi connectivity index (χ0n) is 9.82. The number of likely N-dealkylation sites (tertiary alicyclic amines) is 1. The lowest BCUT2D eigenvalue weighted by Crippen LogP contribution is -2.43. The Labute approximate surface area is 97.0 Å². The van der Waals surface area contributed by atoms with E-state index in [1.54, 1.807) is 0 Å². The van der Waals surface area contributed by atoms with Crippen LogP contribution in [0.15, 0.2) is 0 Å². The standard InChI is InChI=1S/C12H22N2O2/c15-7-4-10-2-1-6-14(9-10)12(16)11-3-5-13-8-11/h10-11,13,15H,1-9H2. The average molecular weight is 226 g/mol. The van der Waals surface area contributed by atoms with Gasteiger partial charge in [-0.15, -0.1) is 0 Å². The van der Waals surface area contributed by atoms with E-state index in [-0.39, 0.29) is 12.5 Å². The van der Waals surface area contributed by atoms with Crippen LogP contribution in [0.3, 0.4) is 0 Å². The first-order valence-corrected chi connectivity index (χ1v) is 6.41. The molecule has 16 heavy (non-hydrogen) atoms. The highest BCUT2D eigenvalue weighted by molar-refractivity contribution is 5.79. The van der Waals surface area contributed by atoms with Crippen LogP contribution in [0.4, 0.5) is 0 Å². The second-order valence-corrected chi connectivity index (χ2v) is 4.99. The van der Waals surface area contributed by atoms with Gasteiger partial charge in [0.15, 0.2) is 0 Å². The minimum atomic E-state index is 0.202. The lowest BCUT2D eigenvalue weighted by molar-refractivity contribution is -0.136. The van der Waals surface area contributed by atoms with Gasteiger partial charge in [0.25, 0.3) is 0 Å². The van der Waals surface area contributed by atoms with Gasteiger partial charge in [-0.2, -0.15) is 0 Å². The lowest BCUT2D eigenvalue weighted by atomic mass is 9.94. The molecule has 2 N–H and O–H groups in total. The van der Waals surface area contributed by atoms with Crippen LogP contribution in [0.1, 0.15) is 25.7 Å². The molecule has 0 saturated carbocycles. The van der Waals surface area contributed by atoms with E-state index < -0.39 is 0 Å². The molecule has 92 valence electrons. The zero-order valence-corrected chi connectivity index (χ0v) is 9.82. The summed E-state index contributed by atoms with van der Waals surface area (Å²) in [5.41, 5.74) is 0. The minimum Gasteiger partial charge on any atom is -0.396 e. The molecule has 0 bridgehead atoms. The van der Waals surface area contributed by atoms with Crippen molar-refractivity contribution in [2.24, 2.45) is 11.8 Å². The first kappa shape index (κ1) is 11.9. The Morgan fingerprint density at radius 1 is 1.44 bits per heavy atom. The van der Waals surface area contributed by atoms with Crippen LogP contribution in [0.2, 0.25) is 0 Å². The number of rotatable bonds is 3. The number of carbonyl (C=O) groups excluding carboxylic acids is 1. The fourth-order valence-electron chi connectivity index (χ4n) is 2.81. The molecule has 2 aliphatic rings. The Hall–Kier alpha value is -0.610. The molecule has 2 unspecified atom stereocenters. The molecule has 0 aromatic heterocycles. The van der Waals surface area contributed by atoms with Crippen LogP contribution < -0.4 is 5.32 Å². The van der Waals surface area contributed by atoms with Crippen LogP contribution >= 0.6 is 0 Å². The fraction of sp³-hybridized carbons (Fsp3) is 0.917. The third-order valence-corrected chi connectivity index (χ3v) is 3.78. The summed E-state index contributed by atoms with van der Waals surface area (Å²) < 4.78 is 0. The monoisotopic (exact) mass is 226 g/mol. The first-order valence-electron chi connectivity index (χ1n) is 6.41. The lowest BCUT2D eigenvalue weighted by Gasteiger charge is -2.34. The van der Waals surface area contributed by atoms with Crippen molar-refractivity contribution in [1.29, 1.82) is 0 Å². The van der Waals surface area contributed by atoms with Crippen LogP contribution in [0.5, 0.6) is 0 Å². The number of nitrogens with zero attached hydrogens (tertiary/aromatic N) is 1. The summed E-state index contributed by atoms with van der Waals surface area (Å²) in [5.74, 6) is 1.04. The van der Waals surface area contributed by atoms with Gasteiger partial charge in [-0.25, -0.2) is 0 Å². The summed E-state index contributed by atoms with van der Waals surface area (Å²) in [7, 11) is 0. The molecular weight excluding hydrogens is 204 g/mol. The number of piperidine rings is 1. The Kier molecular flexibility index (Phi) is 4.18. The highest BCUT2D eigenvalue weighted by atomic mass is 16.3. The van der Waals surface area contributed by atoms with Crippen molar-refractivity contribution >= 4 is 5.91 Å². The molecule has 2 fully saturated rings. The predicted octanol–water partition coefficient (Wildman–Crippen LogP) is 0.217. The zero-order chi connectivity index (χ0) is 11.4. The van der Waals surface area contributed by atoms with Gasteiger partial charge in [-0.1, -0.05) is 0 Å². The molecule has 2 atom stereocenters. The van der Waals surface area contributed by atoms with Crippen LogP contribution in [0.25, 0.3) is 0 Å². The summed E-state index contributed by atoms with van der Waals surface area (Å²) in [6, 6.07) is 0. The van der Waals surface area contributed by atoms with Gasteiger partial charge in [0, 0.05) is 26.2 Å². The third kappa shape index (κ3) is 2.74. The highest BCUT2D eigenvalue weighted by Gasteiger charge is 2.30. The minimum absolute atomic E-state index is 0.202. The molecule has 0 aliphatic carbocycles. The van der Waals surface area contributed by atoms with Gasteiger partial charge in [0.05, 0.1) is 5.92 Å². The second-order valence-electron chi connectivity index (χ2n) is 4.99. The van der Waals surface area contributed by atoms with Crippen molar-refractivity contribution in [3.63, 3.8) is 0 Å². The van der Waals surface area contributed by atoms with Crippen LogP contribution in [-0.2, 0) is 4.79 Å². The van der Waals surface area contributed by atoms with Gasteiger partial charge < -0.3 is 15.3 Å². The summed E-state index contributed by atoms with van der Waals surface area (Å²) in [6.07, 6.45) is 4.08. The second kappa shape index (κ2) is 5.64. The number of hydrogen-bond donors (Lipinski definition) is 2. The third-order valence-electron chi connectivity index (χ3n) is 3.78. The number of nitrogens with one attached hydrogen (secondary N) is 1. The average Bonchev–Trinajstić information content (AvgIpc) is 2.82. The summed E-state index contributed by atoms with van der Waals surface area (Å²) >= 11 is 0. The van der Waals surface area contributed by atoms with E-state index in [1.807, 2.05) is 4.90 Å². The van der Waals surface area contributed by atoms with E-state index in [0.29, 0.717) is 11.8 Å². The topological polar surface area (TPSA) is 52.6 Å². The number of aliphatic hydroxyl groups is 1. The van der Waals surface area contributed by atoms with Gasteiger partial charge in [0.1, 0.15) is 0 Å². The van der Waals surface area contributed by atoms with Crippen molar-refractivity contribution in [3.8, 4) is 0 Å². The smallest absolute Gasteiger partial charge is 0.227 e. The summed E-state index contributed by atoms with van der Waals surface area (Å²) in [4.78, 5) is 14.2. The van der Waals surface area contributed by atoms with Crippen molar-refractivity contribution in [1.82, 2.24) is 10.2 Å². The molecule has 4 heteroatoms. The summed E-state index contributed by atoms with van der Waals surface area (Å²) in [6.45, 7) is 3.84. The molecule has 2 saturated heterocycles. The van der Waals surface area contributed by atoms with Crippen molar-refractivity contribution in [2.75, 3.05) is 32.8 Å². The van der Waals surface area contributed by atoms with Crippen molar-refractivity contribution < 1.29 is 9.90 Å². The normalized spacial score (nSPS) is 30.7. The maximum absolute atomic E-state index is 12.2. The van der Waals surface area contributed by atoms with E-state index >= 15 is 0 Å². The van der Waals surface area contributed by atoms with Crippen molar-refractivity contribution in [2.45, 2.75) is 25.7 Å². The summed E-state index contributed by atoms with van der Waals surface area (Å²) in [5, 5.41) is 12.2. The molecule has 2 heterocycles. The predicted molar refractivity (Wildman–Crippen MR) is 62.0 cm³/mol. The van der Waals surface area contributed by atoms with E-state index in [2.05, 4.69) is 5.32 Å². The molecule has 0 radical (unpaired) electrons. The molecule has 4 nitrogen and oxygen atoms in total. The Bertz CT molecular complexity index is 237. The van der Waals surface area contributed by atoms with Gasteiger partial charge >= 0.3 is 0 Å². The molecule has 0 spiro atoms. The Morgan fingerprint density at radius 3 is 3.00 bits per heavy atom. The van der Waals surface area contributed by atoms with E-state index in [1.165, 1.54) is 0 Å². The number of carbonyl (C=O) groups is 1. The molecule has 0 aromatic carbocycles. The number of amides is 1. The highest BCUT2D eigenvalue weighted by Crippen LogP contribution is 2.22. The maximum Gasteiger partial charge on any atom is 0.227 e. The molecule has 0 aromatic rings. The Morgan fingerprint density at radius 2 is 2.31 bits per heavy atom. The Balaban J connectivity index is 1.85. The van der Waals surface area contributed by atoms with Crippen molar-refractivity contribution in [3.05, 3.63) is 0 Å². The number of hydrogen-bond acceptors (Lipinski definition) is 3. The van der Waals surface area contributed by atoms with Crippen LogP contribution in [-0.4, -0.2) is 48.7 Å². The van der Waals surface area contributed by atoms with Gasteiger partial charge in [-0.05, 0) is 38.1 Å². The quantitative estimate of drug-likeness (QED) is 0.723. The van der Waals surface area contributed by atoms with E-state index in [0.717, 1.165) is 51.9 Å². The van der Waals surface area contributed by atoms with Gasteiger partial charge in [0.2, 0.25) is 5.91 Å². The molecule has 1 amide bonds.